The fraction of sp³-hybridized carbons (Fsp3) is 0.400. The monoisotopic (exact) mass is 354 g/mol. The van der Waals surface area contributed by atoms with Crippen LogP contribution in [0.1, 0.15) is 29.6 Å². The molecular formula is C15H19BrN2OS. The highest BCUT2D eigenvalue weighted by Gasteiger charge is 2.07. The lowest BCUT2D eigenvalue weighted by Gasteiger charge is -2.11. The third-order valence-corrected chi connectivity index (χ3v) is 4.60. The van der Waals surface area contributed by atoms with Gasteiger partial charge in [-0.1, -0.05) is 13.0 Å². The summed E-state index contributed by atoms with van der Waals surface area (Å²) < 4.78 is 6.76. The second-order valence-electron chi connectivity index (χ2n) is 4.81. The molecule has 1 heterocycles. The van der Waals surface area contributed by atoms with E-state index in [4.69, 9.17) is 10.5 Å². The van der Waals surface area contributed by atoms with Gasteiger partial charge in [0.15, 0.2) is 0 Å². The zero-order valence-electron chi connectivity index (χ0n) is 11.7. The standard InChI is InChI=1S/C15H19BrN2OS/c1-3-12(17)6-11-4-5-14(13(16)7-11)19-8-15-18-10(2)9-20-15/h4-5,7,9,12H,3,6,8,17H2,1-2H3. The van der Waals surface area contributed by atoms with E-state index < -0.39 is 0 Å². The third kappa shape index (κ3) is 4.30. The van der Waals surface area contributed by atoms with Gasteiger partial charge in [0.1, 0.15) is 17.4 Å². The quantitative estimate of drug-likeness (QED) is 0.850. The van der Waals surface area contributed by atoms with E-state index >= 15 is 0 Å². The van der Waals surface area contributed by atoms with E-state index in [1.807, 2.05) is 18.4 Å². The van der Waals surface area contributed by atoms with Crippen molar-refractivity contribution in [1.82, 2.24) is 4.98 Å². The normalized spacial score (nSPS) is 12.4. The Labute approximate surface area is 132 Å². The molecule has 3 nitrogen and oxygen atoms in total. The van der Waals surface area contributed by atoms with Crippen molar-refractivity contribution < 1.29 is 4.74 Å². The van der Waals surface area contributed by atoms with E-state index in [1.54, 1.807) is 11.3 Å². The van der Waals surface area contributed by atoms with Crippen LogP contribution in [-0.2, 0) is 13.0 Å². The van der Waals surface area contributed by atoms with Gasteiger partial charge in [0.05, 0.1) is 4.47 Å². The van der Waals surface area contributed by atoms with E-state index in [0.29, 0.717) is 6.61 Å². The van der Waals surface area contributed by atoms with Crippen LogP contribution in [0.15, 0.2) is 28.1 Å². The molecule has 5 heteroatoms. The molecule has 0 aliphatic heterocycles. The van der Waals surface area contributed by atoms with Crippen molar-refractivity contribution in [2.75, 3.05) is 0 Å². The molecule has 1 aromatic heterocycles. The van der Waals surface area contributed by atoms with E-state index in [2.05, 4.69) is 40.0 Å². The lowest BCUT2D eigenvalue weighted by atomic mass is 10.0. The first-order valence-corrected chi connectivity index (χ1v) is 8.33. The van der Waals surface area contributed by atoms with Crippen LogP contribution in [0.25, 0.3) is 0 Å². The van der Waals surface area contributed by atoms with Crippen LogP contribution in [0, 0.1) is 6.92 Å². The van der Waals surface area contributed by atoms with Gasteiger partial charge in [0.25, 0.3) is 0 Å². The summed E-state index contributed by atoms with van der Waals surface area (Å²) in [4.78, 5) is 4.39. The maximum absolute atomic E-state index is 5.98. The highest BCUT2D eigenvalue weighted by Crippen LogP contribution is 2.27. The Morgan fingerprint density at radius 3 is 2.85 bits per heavy atom. The zero-order valence-corrected chi connectivity index (χ0v) is 14.1. The fourth-order valence-electron chi connectivity index (χ4n) is 1.84. The van der Waals surface area contributed by atoms with Crippen molar-refractivity contribution in [2.45, 2.75) is 39.3 Å². The number of aromatic nitrogens is 1. The molecule has 2 N–H and O–H groups in total. The SMILES string of the molecule is CCC(N)Cc1ccc(OCc2nc(C)cs2)c(Br)c1. The van der Waals surface area contributed by atoms with Crippen LogP contribution in [-0.4, -0.2) is 11.0 Å². The number of hydrogen-bond donors (Lipinski definition) is 1. The molecule has 0 radical (unpaired) electrons. The summed E-state index contributed by atoms with van der Waals surface area (Å²) in [5.74, 6) is 0.840. The zero-order chi connectivity index (χ0) is 14.5. The van der Waals surface area contributed by atoms with Crippen LogP contribution in [0.3, 0.4) is 0 Å². The molecule has 0 aliphatic rings. The molecule has 0 amide bonds. The van der Waals surface area contributed by atoms with Gasteiger partial charge in [-0.05, 0) is 53.4 Å². The third-order valence-electron chi connectivity index (χ3n) is 3.04. The van der Waals surface area contributed by atoms with Crippen molar-refractivity contribution in [2.24, 2.45) is 5.73 Å². The molecule has 1 atom stereocenters. The topological polar surface area (TPSA) is 48.1 Å². The molecule has 0 fully saturated rings. The van der Waals surface area contributed by atoms with Crippen molar-refractivity contribution in [3.8, 4) is 5.75 Å². The second-order valence-corrected chi connectivity index (χ2v) is 6.61. The first-order valence-electron chi connectivity index (χ1n) is 6.66. The summed E-state index contributed by atoms with van der Waals surface area (Å²) >= 11 is 5.18. The Hall–Kier alpha value is -0.910. The van der Waals surface area contributed by atoms with Crippen molar-refractivity contribution in [3.63, 3.8) is 0 Å². The second kappa shape index (κ2) is 7.20. The molecule has 1 aromatic carbocycles. The van der Waals surface area contributed by atoms with Crippen LogP contribution < -0.4 is 10.5 Å². The Morgan fingerprint density at radius 2 is 2.25 bits per heavy atom. The molecule has 0 saturated heterocycles. The first-order chi connectivity index (χ1) is 9.58. The number of benzene rings is 1. The predicted octanol–water partition coefficient (Wildman–Crippen LogP) is 4.07. The molecule has 0 saturated carbocycles. The van der Waals surface area contributed by atoms with Crippen molar-refractivity contribution in [3.05, 3.63) is 44.3 Å². The minimum atomic E-state index is 0.215. The summed E-state index contributed by atoms with van der Waals surface area (Å²) in [7, 11) is 0. The molecule has 0 aliphatic carbocycles. The summed E-state index contributed by atoms with van der Waals surface area (Å²) in [6, 6.07) is 6.36. The number of rotatable bonds is 6. The predicted molar refractivity (Wildman–Crippen MR) is 87.3 cm³/mol. The largest absolute Gasteiger partial charge is 0.485 e. The Balaban J connectivity index is 1.98. The maximum atomic E-state index is 5.98. The number of aryl methyl sites for hydroxylation is 1. The van der Waals surface area contributed by atoms with Crippen molar-refractivity contribution in [1.29, 1.82) is 0 Å². The molecule has 108 valence electrons. The van der Waals surface area contributed by atoms with E-state index in [0.717, 1.165) is 33.8 Å². The molecule has 1 unspecified atom stereocenters. The highest BCUT2D eigenvalue weighted by atomic mass is 79.9. The maximum Gasteiger partial charge on any atom is 0.140 e. The molecule has 2 aromatic rings. The van der Waals surface area contributed by atoms with E-state index in [-0.39, 0.29) is 6.04 Å². The van der Waals surface area contributed by atoms with Gasteiger partial charge in [-0.3, -0.25) is 0 Å². The van der Waals surface area contributed by atoms with Gasteiger partial charge in [0, 0.05) is 17.1 Å². The smallest absolute Gasteiger partial charge is 0.140 e. The van der Waals surface area contributed by atoms with Gasteiger partial charge in [-0.15, -0.1) is 11.3 Å². The van der Waals surface area contributed by atoms with Gasteiger partial charge in [-0.2, -0.15) is 0 Å². The van der Waals surface area contributed by atoms with Gasteiger partial charge in [-0.25, -0.2) is 4.98 Å². The van der Waals surface area contributed by atoms with Crippen LogP contribution >= 0.6 is 27.3 Å². The average Bonchev–Trinajstić information content (AvgIpc) is 2.83. The minimum Gasteiger partial charge on any atom is -0.485 e. The first kappa shape index (κ1) is 15.5. The summed E-state index contributed by atoms with van der Waals surface area (Å²) in [5, 5.41) is 3.02. The van der Waals surface area contributed by atoms with Crippen LogP contribution in [0.2, 0.25) is 0 Å². The lowest BCUT2D eigenvalue weighted by Crippen LogP contribution is -2.21. The number of hydrogen-bond acceptors (Lipinski definition) is 4. The Kier molecular flexibility index (Phi) is 5.57. The van der Waals surface area contributed by atoms with Crippen LogP contribution in [0.5, 0.6) is 5.75 Å². The lowest BCUT2D eigenvalue weighted by molar-refractivity contribution is 0.303. The fourth-order valence-corrected chi connectivity index (χ4v) is 3.07. The van der Waals surface area contributed by atoms with Gasteiger partial charge in [0.2, 0.25) is 0 Å². The average molecular weight is 355 g/mol. The van der Waals surface area contributed by atoms with E-state index in [1.165, 1.54) is 5.56 Å². The van der Waals surface area contributed by atoms with Crippen LogP contribution in [0.4, 0.5) is 0 Å². The molecule has 0 bridgehead atoms. The number of halogens is 1. The van der Waals surface area contributed by atoms with Gasteiger partial charge < -0.3 is 10.5 Å². The highest BCUT2D eigenvalue weighted by molar-refractivity contribution is 9.10. The molecule has 0 spiro atoms. The van der Waals surface area contributed by atoms with Gasteiger partial charge >= 0.3 is 0 Å². The van der Waals surface area contributed by atoms with Crippen molar-refractivity contribution >= 4 is 27.3 Å². The summed E-state index contributed by atoms with van der Waals surface area (Å²) in [6.45, 7) is 4.60. The Morgan fingerprint density at radius 1 is 1.45 bits per heavy atom. The molecular weight excluding hydrogens is 336 g/mol. The Bertz CT molecular complexity index is 571. The summed E-state index contributed by atoms with van der Waals surface area (Å²) in [5.41, 5.74) is 8.24. The summed E-state index contributed by atoms with van der Waals surface area (Å²) in [6.07, 6.45) is 1.88. The molecule has 20 heavy (non-hydrogen) atoms. The molecule has 2 rings (SSSR count). The number of ether oxygens (including phenoxy) is 1. The number of nitrogens with two attached hydrogens (primary N) is 1. The number of thiazole rings is 1. The van der Waals surface area contributed by atoms with E-state index in [9.17, 15) is 0 Å². The minimum absolute atomic E-state index is 0.215. The number of nitrogens with zero attached hydrogens (tertiary/aromatic N) is 1.